The highest BCUT2D eigenvalue weighted by Crippen LogP contribution is 2.33. The Morgan fingerprint density at radius 2 is 2.08 bits per heavy atom. The number of halogens is 2. The van der Waals surface area contributed by atoms with E-state index < -0.39 is 0 Å². The third kappa shape index (κ3) is 3.74. The summed E-state index contributed by atoms with van der Waals surface area (Å²) in [6.07, 6.45) is 6.55. The van der Waals surface area contributed by atoms with Crippen molar-refractivity contribution in [1.82, 2.24) is 19.8 Å². The Bertz CT molecular complexity index is 795. The van der Waals surface area contributed by atoms with E-state index in [4.69, 9.17) is 33.2 Å². The van der Waals surface area contributed by atoms with E-state index >= 15 is 0 Å². The molecule has 2 aliphatic rings. The molecule has 1 saturated heterocycles. The van der Waals surface area contributed by atoms with Gasteiger partial charge in [-0.05, 0) is 38.1 Å². The third-order valence-electron chi connectivity index (χ3n) is 5.46. The fourth-order valence-corrected chi connectivity index (χ4v) is 4.38. The van der Waals surface area contributed by atoms with Gasteiger partial charge in [0, 0.05) is 43.5 Å². The summed E-state index contributed by atoms with van der Waals surface area (Å²) < 4.78 is 0. The largest absolute Gasteiger partial charge is 0.302 e. The van der Waals surface area contributed by atoms with Gasteiger partial charge in [0.25, 0.3) is 0 Å². The van der Waals surface area contributed by atoms with E-state index in [0.717, 1.165) is 50.4 Å². The van der Waals surface area contributed by atoms with Gasteiger partial charge in [0.15, 0.2) is 0 Å². The molecule has 0 aliphatic carbocycles. The minimum Gasteiger partial charge on any atom is -0.302 e. The van der Waals surface area contributed by atoms with Crippen molar-refractivity contribution in [3.8, 4) is 0 Å². The van der Waals surface area contributed by atoms with Gasteiger partial charge < -0.3 is 4.90 Å². The lowest BCUT2D eigenvalue weighted by Gasteiger charge is -2.35. The molecular weight excluding hydrogens is 367 g/mol. The first-order valence-corrected chi connectivity index (χ1v) is 10.1. The molecule has 4 rings (SSSR count). The van der Waals surface area contributed by atoms with Crippen molar-refractivity contribution in [2.45, 2.75) is 44.8 Å². The highest BCUT2D eigenvalue weighted by molar-refractivity contribution is 6.42. The summed E-state index contributed by atoms with van der Waals surface area (Å²) in [6, 6.07) is 6.12. The molecule has 2 aromatic rings. The van der Waals surface area contributed by atoms with Crippen LogP contribution in [-0.4, -0.2) is 39.9 Å². The highest BCUT2D eigenvalue weighted by Gasteiger charge is 2.28. The van der Waals surface area contributed by atoms with Gasteiger partial charge >= 0.3 is 0 Å². The molecule has 0 N–H and O–H groups in total. The van der Waals surface area contributed by atoms with Gasteiger partial charge in [0.05, 0.1) is 16.1 Å². The minimum atomic E-state index is 0.253. The first-order valence-electron chi connectivity index (χ1n) is 9.32. The average Bonchev–Trinajstić information content (AvgIpc) is 2.65. The van der Waals surface area contributed by atoms with Crippen LogP contribution in [0.4, 0.5) is 0 Å². The molecule has 3 heterocycles. The summed E-state index contributed by atoms with van der Waals surface area (Å²) in [7, 11) is 2.15. The molecule has 0 unspecified atom stereocenters. The lowest BCUT2D eigenvalue weighted by Crippen LogP contribution is -2.35. The van der Waals surface area contributed by atoms with E-state index in [1.165, 1.54) is 24.1 Å². The van der Waals surface area contributed by atoms with E-state index in [-0.39, 0.29) is 6.04 Å². The van der Waals surface area contributed by atoms with Crippen LogP contribution >= 0.6 is 23.2 Å². The first kappa shape index (κ1) is 18.2. The number of piperidine rings is 1. The van der Waals surface area contributed by atoms with Gasteiger partial charge in [-0.2, -0.15) is 0 Å². The third-order valence-corrected chi connectivity index (χ3v) is 6.32. The highest BCUT2D eigenvalue weighted by atomic mass is 35.5. The maximum atomic E-state index is 6.42. The minimum absolute atomic E-state index is 0.253. The summed E-state index contributed by atoms with van der Waals surface area (Å²) >= 11 is 12.6. The molecule has 138 valence electrons. The molecule has 0 amide bonds. The number of likely N-dealkylation sites (N-methyl/N-ethyl adjacent to an activating group) is 1. The lowest BCUT2D eigenvalue weighted by atomic mass is 9.99. The molecule has 0 radical (unpaired) electrons. The van der Waals surface area contributed by atoms with Crippen molar-refractivity contribution in [3.63, 3.8) is 0 Å². The van der Waals surface area contributed by atoms with E-state index in [1.54, 1.807) is 0 Å². The van der Waals surface area contributed by atoms with Crippen LogP contribution in [0.3, 0.4) is 0 Å². The average molecular weight is 391 g/mol. The second-order valence-corrected chi connectivity index (χ2v) is 8.17. The second kappa shape index (κ2) is 7.81. The Balaban J connectivity index is 1.59. The summed E-state index contributed by atoms with van der Waals surface area (Å²) in [5, 5.41) is 1.28. The number of benzene rings is 1. The van der Waals surface area contributed by atoms with Crippen LogP contribution in [-0.2, 0) is 19.5 Å². The van der Waals surface area contributed by atoms with E-state index in [1.807, 2.05) is 18.3 Å². The Labute approximate surface area is 165 Å². The molecule has 4 nitrogen and oxygen atoms in total. The fourth-order valence-electron chi connectivity index (χ4n) is 4.00. The van der Waals surface area contributed by atoms with Crippen LogP contribution in [0.1, 0.15) is 47.9 Å². The molecule has 1 aromatic carbocycles. The topological polar surface area (TPSA) is 32.3 Å². The smallest absolute Gasteiger partial charge is 0.145 e. The van der Waals surface area contributed by atoms with Crippen LogP contribution < -0.4 is 0 Å². The molecule has 6 heteroatoms. The number of likely N-dealkylation sites (tertiary alicyclic amines) is 1. The molecule has 0 spiro atoms. The molecule has 0 bridgehead atoms. The molecule has 1 fully saturated rings. The lowest BCUT2D eigenvalue weighted by molar-refractivity contribution is 0.133. The van der Waals surface area contributed by atoms with Crippen LogP contribution in [0.5, 0.6) is 0 Å². The standard InChI is InChI=1S/C20H24Cl2N4/c1-25-10-8-17-15(12-25)11-23-20(24-17)18-7-2-3-9-26(18)13-14-5-4-6-16(21)19(14)22/h4-6,11,18H,2-3,7-10,12-13H2,1H3/t18-/m1/s1. The van der Waals surface area contributed by atoms with Crippen LogP contribution in [0.25, 0.3) is 0 Å². The van der Waals surface area contributed by atoms with Gasteiger partial charge in [-0.25, -0.2) is 9.97 Å². The van der Waals surface area contributed by atoms with Crippen molar-refractivity contribution >= 4 is 23.2 Å². The number of hydrogen-bond donors (Lipinski definition) is 0. The molecule has 0 saturated carbocycles. The number of nitrogens with zero attached hydrogens (tertiary/aromatic N) is 4. The Morgan fingerprint density at radius 1 is 1.19 bits per heavy atom. The zero-order valence-electron chi connectivity index (χ0n) is 15.1. The quantitative estimate of drug-likeness (QED) is 0.771. The zero-order valence-corrected chi connectivity index (χ0v) is 16.6. The number of hydrogen-bond acceptors (Lipinski definition) is 4. The Morgan fingerprint density at radius 3 is 2.96 bits per heavy atom. The summed E-state index contributed by atoms with van der Waals surface area (Å²) in [4.78, 5) is 14.5. The maximum Gasteiger partial charge on any atom is 0.145 e. The van der Waals surface area contributed by atoms with Gasteiger partial charge in [-0.3, -0.25) is 4.90 Å². The summed E-state index contributed by atoms with van der Waals surface area (Å²) in [5.41, 5.74) is 3.56. The zero-order chi connectivity index (χ0) is 18.1. The SMILES string of the molecule is CN1CCc2nc([C@H]3CCCCN3Cc3cccc(Cl)c3Cl)ncc2C1. The molecule has 1 aromatic heterocycles. The first-order chi connectivity index (χ1) is 12.6. The van der Waals surface area contributed by atoms with Crippen LogP contribution in [0.15, 0.2) is 24.4 Å². The summed E-state index contributed by atoms with van der Waals surface area (Å²) in [6.45, 7) is 3.84. The second-order valence-electron chi connectivity index (χ2n) is 7.38. The van der Waals surface area contributed by atoms with E-state index in [0.29, 0.717) is 10.0 Å². The van der Waals surface area contributed by atoms with E-state index in [2.05, 4.69) is 22.9 Å². The molecular formula is C20H24Cl2N4. The number of rotatable bonds is 3. The molecule has 2 aliphatic heterocycles. The fraction of sp³-hybridized carbons (Fsp3) is 0.500. The van der Waals surface area contributed by atoms with Crippen molar-refractivity contribution in [1.29, 1.82) is 0 Å². The van der Waals surface area contributed by atoms with Crippen molar-refractivity contribution in [2.75, 3.05) is 20.1 Å². The van der Waals surface area contributed by atoms with Gasteiger partial charge in [0.2, 0.25) is 0 Å². The monoisotopic (exact) mass is 390 g/mol. The number of aromatic nitrogens is 2. The Kier molecular flexibility index (Phi) is 5.46. The van der Waals surface area contributed by atoms with Crippen LogP contribution in [0, 0.1) is 0 Å². The van der Waals surface area contributed by atoms with Gasteiger partial charge in [-0.15, -0.1) is 0 Å². The van der Waals surface area contributed by atoms with E-state index in [9.17, 15) is 0 Å². The summed E-state index contributed by atoms with van der Waals surface area (Å²) in [5.74, 6) is 0.964. The van der Waals surface area contributed by atoms with Crippen molar-refractivity contribution in [2.24, 2.45) is 0 Å². The van der Waals surface area contributed by atoms with Crippen LogP contribution in [0.2, 0.25) is 10.0 Å². The predicted molar refractivity (Wildman–Crippen MR) is 106 cm³/mol. The normalized spacial score (nSPS) is 21.6. The molecule has 1 atom stereocenters. The van der Waals surface area contributed by atoms with Gasteiger partial charge in [0.1, 0.15) is 5.82 Å². The number of fused-ring (bicyclic) bond motifs is 1. The van der Waals surface area contributed by atoms with Crippen molar-refractivity contribution in [3.05, 3.63) is 57.1 Å². The Hall–Kier alpha value is -1.20. The van der Waals surface area contributed by atoms with Gasteiger partial charge in [-0.1, -0.05) is 41.8 Å². The van der Waals surface area contributed by atoms with Crippen molar-refractivity contribution < 1.29 is 0 Å². The molecule has 26 heavy (non-hydrogen) atoms. The predicted octanol–water partition coefficient (Wildman–Crippen LogP) is 4.50. The maximum absolute atomic E-state index is 6.42.